The number of carbonyl (C=O) groups excluding carboxylic acids is 1. The van der Waals surface area contributed by atoms with Crippen molar-refractivity contribution in [3.8, 4) is 5.75 Å². The maximum absolute atomic E-state index is 12.7. The minimum atomic E-state index is -3.69. The Labute approximate surface area is 167 Å². The molecule has 1 aromatic carbocycles. The van der Waals surface area contributed by atoms with Gasteiger partial charge in [-0.05, 0) is 60.0 Å². The van der Waals surface area contributed by atoms with Crippen LogP contribution in [0.5, 0.6) is 5.75 Å². The quantitative estimate of drug-likeness (QED) is 0.655. The summed E-state index contributed by atoms with van der Waals surface area (Å²) in [5.74, 6) is 0.0314. The predicted octanol–water partition coefficient (Wildman–Crippen LogP) is 2.94. The molecule has 0 bridgehead atoms. The van der Waals surface area contributed by atoms with Gasteiger partial charge >= 0.3 is 16.1 Å². The summed E-state index contributed by atoms with van der Waals surface area (Å²) in [7, 11) is 0.148. The highest BCUT2D eigenvalue weighted by molar-refractivity contribution is 7.87. The zero-order chi connectivity index (χ0) is 20.8. The Balaban J connectivity index is 3.15. The molecule has 0 unspecified atom stereocenters. The Morgan fingerprint density at radius 1 is 1.22 bits per heavy atom. The van der Waals surface area contributed by atoms with Gasteiger partial charge in [-0.2, -0.15) is 8.42 Å². The molecular formula is C18H30ClN3O4S. The van der Waals surface area contributed by atoms with Gasteiger partial charge in [-0.3, -0.25) is 0 Å². The summed E-state index contributed by atoms with van der Waals surface area (Å²) in [6, 6.07) is 4.45. The van der Waals surface area contributed by atoms with Crippen LogP contribution in [0.15, 0.2) is 18.2 Å². The molecule has 9 heteroatoms. The van der Waals surface area contributed by atoms with Crippen LogP contribution in [0.4, 0.5) is 4.79 Å². The van der Waals surface area contributed by atoms with Crippen molar-refractivity contribution >= 4 is 27.8 Å². The minimum absolute atomic E-state index is 0.149. The standard InChI is InChI=1S/C18H30ClN3O4S/c1-7-27(24,25)26-16-9-8-15(19)12-14(16)13-22(11-10-21(5)6)17(23)20-18(2,3)4/h8-9,12H,7,10-11,13H2,1-6H3,(H,20,23). The van der Waals surface area contributed by atoms with Gasteiger partial charge in [0, 0.05) is 29.2 Å². The number of benzene rings is 1. The van der Waals surface area contributed by atoms with E-state index in [4.69, 9.17) is 15.8 Å². The number of rotatable bonds is 8. The van der Waals surface area contributed by atoms with Gasteiger partial charge in [-0.15, -0.1) is 0 Å². The van der Waals surface area contributed by atoms with Gasteiger partial charge in [0.2, 0.25) is 0 Å². The van der Waals surface area contributed by atoms with Gasteiger partial charge in [0.05, 0.1) is 12.3 Å². The number of hydrogen-bond acceptors (Lipinski definition) is 5. The lowest BCUT2D eigenvalue weighted by molar-refractivity contribution is 0.180. The summed E-state index contributed by atoms with van der Waals surface area (Å²) in [6.07, 6.45) is 0. The number of urea groups is 1. The lowest BCUT2D eigenvalue weighted by Crippen LogP contribution is -2.49. The smallest absolute Gasteiger partial charge is 0.318 e. The first-order chi connectivity index (χ1) is 12.3. The molecule has 27 heavy (non-hydrogen) atoms. The van der Waals surface area contributed by atoms with Crippen molar-refractivity contribution < 1.29 is 17.4 Å². The molecule has 0 aliphatic heterocycles. The van der Waals surface area contributed by atoms with E-state index in [9.17, 15) is 13.2 Å². The Morgan fingerprint density at radius 3 is 2.37 bits per heavy atom. The molecule has 2 amide bonds. The number of nitrogens with zero attached hydrogens (tertiary/aromatic N) is 2. The fourth-order valence-electron chi connectivity index (χ4n) is 2.13. The lowest BCUT2D eigenvalue weighted by Gasteiger charge is -2.30. The van der Waals surface area contributed by atoms with Crippen LogP contribution < -0.4 is 9.50 Å². The molecule has 0 radical (unpaired) electrons. The van der Waals surface area contributed by atoms with Crippen LogP contribution in [0.3, 0.4) is 0 Å². The summed E-state index contributed by atoms with van der Waals surface area (Å²) in [5.41, 5.74) is 0.134. The molecule has 1 rings (SSSR count). The van der Waals surface area contributed by atoms with Crippen molar-refractivity contribution in [3.63, 3.8) is 0 Å². The van der Waals surface area contributed by atoms with E-state index in [2.05, 4.69) is 5.32 Å². The summed E-state index contributed by atoms with van der Waals surface area (Å²) in [4.78, 5) is 16.3. The third-order valence-corrected chi connectivity index (χ3v) is 4.92. The number of likely N-dealkylation sites (N-methyl/N-ethyl adjacent to an activating group) is 1. The average Bonchev–Trinajstić information content (AvgIpc) is 2.51. The van der Waals surface area contributed by atoms with Crippen LogP contribution >= 0.6 is 11.6 Å². The Bertz CT molecular complexity index is 745. The van der Waals surface area contributed by atoms with E-state index in [0.717, 1.165) is 0 Å². The second-order valence-corrected chi connectivity index (χ2v) is 9.88. The number of nitrogens with one attached hydrogen (secondary N) is 1. The predicted molar refractivity (Wildman–Crippen MR) is 109 cm³/mol. The number of amides is 2. The van der Waals surface area contributed by atoms with Crippen LogP contribution in [-0.2, 0) is 16.7 Å². The third kappa shape index (κ3) is 8.81. The Morgan fingerprint density at radius 2 is 1.85 bits per heavy atom. The van der Waals surface area contributed by atoms with Crippen molar-refractivity contribution in [1.29, 1.82) is 0 Å². The van der Waals surface area contributed by atoms with E-state index >= 15 is 0 Å². The maximum Gasteiger partial charge on any atom is 0.318 e. The summed E-state index contributed by atoms with van der Waals surface area (Å²) < 4.78 is 28.9. The molecule has 0 aliphatic carbocycles. The molecule has 0 aromatic heterocycles. The van der Waals surface area contributed by atoms with E-state index in [1.165, 1.54) is 13.0 Å². The summed E-state index contributed by atoms with van der Waals surface area (Å²) in [6.45, 7) is 8.49. The fourth-order valence-corrected chi connectivity index (χ4v) is 2.88. The molecule has 7 nitrogen and oxygen atoms in total. The number of hydrogen-bond donors (Lipinski definition) is 1. The first-order valence-electron chi connectivity index (χ1n) is 8.75. The number of carbonyl (C=O) groups is 1. The van der Waals surface area contributed by atoms with E-state index in [1.807, 2.05) is 39.8 Å². The lowest BCUT2D eigenvalue weighted by atomic mass is 10.1. The highest BCUT2D eigenvalue weighted by Gasteiger charge is 2.22. The molecule has 0 atom stereocenters. The van der Waals surface area contributed by atoms with Crippen molar-refractivity contribution in [1.82, 2.24) is 15.1 Å². The van der Waals surface area contributed by atoms with E-state index < -0.39 is 15.7 Å². The van der Waals surface area contributed by atoms with Crippen molar-refractivity contribution in [2.24, 2.45) is 0 Å². The molecule has 0 aliphatic rings. The van der Waals surface area contributed by atoms with Gasteiger partial charge < -0.3 is 19.3 Å². The topological polar surface area (TPSA) is 79.0 Å². The fraction of sp³-hybridized carbons (Fsp3) is 0.611. The molecule has 0 saturated carbocycles. The second kappa shape index (κ2) is 9.61. The number of halogens is 1. The SMILES string of the molecule is CCS(=O)(=O)Oc1ccc(Cl)cc1CN(CCN(C)C)C(=O)NC(C)(C)C. The summed E-state index contributed by atoms with van der Waals surface area (Å²) in [5, 5.41) is 3.37. The van der Waals surface area contributed by atoms with Crippen molar-refractivity contribution in [2.75, 3.05) is 32.9 Å². The van der Waals surface area contributed by atoms with Crippen LogP contribution in [0.25, 0.3) is 0 Å². The Hall–Kier alpha value is -1.51. The molecular weight excluding hydrogens is 390 g/mol. The first-order valence-corrected chi connectivity index (χ1v) is 10.7. The minimum Gasteiger partial charge on any atom is -0.382 e. The highest BCUT2D eigenvalue weighted by Crippen LogP contribution is 2.26. The molecule has 0 fully saturated rings. The molecule has 0 heterocycles. The van der Waals surface area contributed by atoms with Crippen LogP contribution in [-0.4, -0.2) is 62.7 Å². The average molecular weight is 420 g/mol. The van der Waals surface area contributed by atoms with Gasteiger partial charge in [0.25, 0.3) is 0 Å². The molecule has 0 spiro atoms. The van der Waals surface area contributed by atoms with Gasteiger partial charge in [-0.1, -0.05) is 11.6 Å². The molecule has 0 saturated heterocycles. The third-order valence-electron chi connectivity index (χ3n) is 3.54. The highest BCUT2D eigenvalue weighted by atomic mass is 35.5. The van der Waals surface area contributed by atoms with E-state index in [1.54, 1.807) is 17.0 Å². The summed E-state index contributed by atoms with van der Waals surface area (Å²) >= 11 is 6.09. The molecule has 154 valence electrons. The van der Waals surface area contributed by atoms with Crippen molar-refractivity contribution in [2.45, 2.75) is 39.8 Å². The van der Waals surface area contributed by atoms with Crippen molar-refractivity contribution in [3.05, 3.63) is 28.8 Å². The monoisotopic (exact) mass is 419 g/mol. The van der Waals surface area contributed by atoms with Gasteiger partial charge in [-0.25, -0.2) is 4.79 Å². The normalized spacial score (nSPS) is 12.1. The van der Waals surface area contributed by atoms with Crippen LogP contribution in [0, 0.1) is 0 Å². The zero-order valence-electron chi connectivity index (χ0n) is 16.9. The molecule has 1 aromatic rings. The van der Waals surface area contributed by atoms with Gasteiger partial charge in [0.15, 0.2) is 0 Å². The largest absolute Gasteiger partial charge is 0.382 e. The molecule has 1 N–H and O–H groups in total. The van der Waals surface area contributed by atoms with E-state index in [-0.39, 0.29) is 24.1 Å². The Kier molecular flexibility index (Phi) is 8.38. The first kappa shape index (κ1) is 23.5. The second-order valence-electron chi connectivity index (χ2n) is 7.59. The maximum atomic E-state index is 12.7. The van der Waals surface area contributed by atoms with E-state index in [0.29, 0.717) is 23.7 Å². The van der Waals surface area contributed by atoms with Gasteiger partial charge in [0.1, 0.15) is 5.75 Å². The zero-order valence-corrected chi connectivity index (χ0v) is 18.4. The van der Waals surface area contributed by atoms with Crippen LogP contribution in [0.2, 0.25) is 5.02 Å². The van der Waals surface area contributed by atoms with Crippen LogP contribution in [0.1, 0.15) is 33.3 Å².